The highest BCUT2D eigenvalue weighted by Gasteiger charge is 2.12. The molecule has 0 aliphatic rings. The molecule has 0 fully saturated rings. The zero-order chi connectivity index (χ0) is 23.2. The van der Waals surface area contributed by atoms with Gasteiger partial charge in [-0.05, 0) is 60.8 Å². The van der Waals surface area contributed by atoms with Crippen LogP contribution in [0.3, 0.4) is 0 Å². The number of aromatic nitrogens is 1. The summed E-state index contributed by atoms with van der Waals surface area (Å²) in [7, 11) is 0. The summed E-state index contributed by atoms with van der Waals surface area (Å²) in [5, 5.41) is 6.38. The molecule has 1 heterocycles. The average Bonchev–Trinajstić information content (AvgIpc) is 3.23. The van der Waals surface area contributed by atoms with Crippen LogP contribution in [-0.4, -0.2) is 18.1 Å². The Bertz CT molecular complexity index is 1240. The van der Waals surface area contributed by atoms with E-state index in [0.29, 0.717) is 46.3 Å². The fourth-order valence-corrected chi connectivity index (χ4v) is 4.21. The van der Waals surface area contributed by atoms with Crippen LogP contribution >= 0.6 is 34.8 Å². The molecule has 0 saturated heterocycles. The lowest BCUT2D eigenvalue weighted by atomic mass is 10.1. The molecule has 0 radical (unpaired) electrons. The largest absolute Gasteiger partial charge is 0.490 e. The molecule has 3 aromatic carbocycles. The zero-order valence-corrected chi connectivity index (χ0v) is 20.5. The Kier molecular flexibility index (Phi) is 8.05. The second kappa shape index (κ2) is 11.2. The molecule has 0 atom stereocenters. The lowest BCUT2D eigenvalue weighted by molar-refractivity contribution is 0.269. The first-order valence-electron chi connectivity index (χ1n) is 10.8. The maximum atomic E-state index is 6.57. The number of aromatic amines is 1. The van der Waals surface area contributed by atoms with Gasteiger partial charge in [0.1, 0.15) is 6.61 Å². The molecule has 0 spiro atoms. The van der Waals surface area contributed by atoms with Crippen LogP contribution < -0.4 is 14.8 Å². The van der Waals surface area contributed by atoms with Gasteiger partial charge in [0, 0.05) is 34.7 Å². The third kappa shape index (κ3) is 5.96. The van der Waals surface area contributed by atoms with Crippen molar-refractivity contribution in [3.8, 4) is 11.5 Å². The summed E-state index contributed by atoms with van der Waals surface area (Å²) in [6.07, 6.45) is 3.00. The highest BCUT2D eigenvalue weighted by atomic mass is 35.5. The van der Waals surface area contributed by atoms with Crippen LogP contribution in [0.15, 0.2) is 60.8 Å². The van der Waals surface area contributed by atoms with E-state index < -0.39 is 0 Å². The molecule has 0 amide bonds. The van der Waals surface area contributed by atoms with E-state index in [-0.39, 0.29) is 0 Å². The van der Waals surface area contributed by atoms with Crippen LogP contribution in [0.4, 0.5) is 0 Å². The number of H-pyrrole nitrogens is 1. The Balaban J connectivity index is 1.38. The van der Waals surface area contributed by atoms with E-state index in [2.05, 4.69) is 34.7 Å². The van der Waals surface area contributed by atoms with Crippen LogP contribution in [0.2, 0.25) is 15.1 Å². The molecule has 0 bridgehead atoms. The quantitative estimate of drug-likeness (QED) is 0.221. The van der Waals surface area contributed by atoms with Crippen molar-refractivity contribution in [2.75, 3.05) is 13.2 Å². The van der Waals surface area contributed by atoms with Gasteiger partial charge < -0.3 is 19.8 Å². The van der Waals surface area contributed by atoms with Crippen molar-refractivity contribution in [2.45, 2.75) is 26.5 Å². The first-order chi connectivity index (χ1) is 16.0. The van der Waals surface area contributed by atoms with Crippen molar-refractivity contribution in [3.05, 3.63) is 92.6 Å². The second-order valence-corrected chi connectivity index (χ2v) is 8.87. The molecule has 0 aliphatic carbocycles. The summed E-state index contributed by atoms with van der Waals surface area (Å²) in [5.74, 6) is 1.26. The molecule has 1 aromatic heterocycles. The number of fused-ring (bicyclic) bond motifs is 1. The summed E-state index contributed by atoms with van der Waals surface area (Å²) in [4.78, 5) is 3.32. The first-order valence-corrected chi connectivity index (χ1v) is 12.0. The van der Waals surface area contributed by atoms with Gasteiger partial charge in [-0.15, -0.1) is 0 Å². The van der Waals surface area contributed by atoms with E-state index in [1.165, 1.54) is 10.9 Å². The number of rotatable bonds is 10. The molecule has 7 heteroatoms. The van der Waals surface area contributed by atoms with Gasteiger partial charge in [-0.1, -0.05) is 59.1 Å². The second-order valence-electron chi connectivity index (χ2n) is 7.65. The summed E-state index contributed by atoms with van der Waals surface area (Å²) in [5.41, 5.74) is 4.32. The minimum Gasteiger partial charge on any atom is -0.490 e. The normalized spacial score (nSPS) is 11.2. The molecule has 0 saturated carbocycles. The molecule has 172 valence electrons. The van der Waals surface area contributed by atoms with Gasteiger partial charge in [0.05, 0.1) is 16.7 Å². The summed E-state index contributed by atoms with van der Waals surface area (Å²) in [6, 6.07) is 17.5. The van der Waals surface area contributed by atoms with Crippen LogP contribution in [0.1, 0.15) is 23.6 Å². The molecular weight excluding hydrogens is 479 g/mol. The maximum Gasteiger partial charge on any atom is 0.163 e. The number of benzene rings is 3. The molecule has 4 aromatic rings. The molecule has 4 rings (SSSR count). The molecule has 33 heavy (non-hydrogen) atoms. The molecule has 2 N–H and O–H groups in total. The van der Waals surface area contributed by atoms with Crippen molar-refractivity contribution in [3.63, 3.8) is 0 Å². The minimum absolute atomic E-state index is 0.329. The van der Waals surface area contributed by atoms with E-state index in [1.54, 1.807) is 18.2 Å². The highest BCUT2D eigenvalue weighted by Crippen LogP contribution is 2.34. The number of nitrogens with one attached hydrogen (secondary N) is 2. The number of hydrogen-bond donors (Lipinski definition) is 2. The topological polar surface area (TPSA) is 46.3 Å². The third-order valence-electron chi connectivity index (χ3n) is 5.35. The smallest absolute Gasteiger partial charge is 0.163 e. The molecule has 4 nitrogen and oxygen atoms in total. The van der Waals surface area contributed by atoms with Gasteiger partial charge in [0.25, 0.3) is 0 Å². The summed E-state index contributed by atoms with van der Waals surface area (Å²) in [6.45, 7) is 4.26. The van der Waals surface area contributed by atoms with Gasteiger partial charge in [-0.3, -0.25) is 0 Å². The van der Waals surface area contributed by atoms with Crippen molar-refractivity contribution in [1.29, 1.82) is 0 Å². The van der Waals surface area contributed by atoms with E-state index in [9.17, 15) is 0 Å². The Morgan fingerprint density at radius 3 is 2.48 bits per heavy atom. The number of hydrogen-bond acceptors (Lipinski definition) is 3. The highest BCUT2D eigenvalue weighted by molar-refractivity contribution is 6.42. The number of ether oxygens (including phenoxy) is 2. The number of para-hydroxylation sites is 1. The summed E-state index contributed by atoms with van der Waals surface area (Å²) < 4.78 is 11.8. The van der Waals surface area contributed by atoms with Crippen LogP contribution in [0, 0.1) is 0 Å². The van der Waals surface area contributed by atoms with Gasteiger partial charge in [0.15, 0.2) is 11.5 Å². The van der Waals surface area contributed by atoms with E-state index in [4.69, 9.17) is 44.3 Å². The van der Waals surface area contributed by atoms with Gasteiger partial charge in [-0.25, -0.2) is 0 Å². The van der Waals surface area contributed by atoms with Crippen molar-refractivity contribution < 1.29 is 9.47 Å². The van der Waals surface area contributed by atoms with Crippen LogP contribution in [-0.2, 0) is 19.6 Å². The fourth-order valence-electron chi connectivity index (χ4n) is 3.67. The Hall–Kier alpha value is -2.37. The summed E-state index contributed by atoms with van der Waals surface area (Å²) >= 11 is 18.7. The Morgan fingerprint density at radius 2 is 1.67 bits per heavy atom. The average molecular weight is 504 g/mol. The van der Waals surface area contributed by atoms with Gasteiger partial charge >= 0.3 is 0 Å². The Labute approximate surface area is 208 Å². The minimum atomic E-state index is 0.329. The Morgan fingerprint density at radius 1 is 0.848 bits per heavy atom. The lowest BCUT2D eigenvalue weighted by Crippen LogP contribution is -2.17. The molecule has 0 aliphatic heterocycles. The van der Waals surface area contributed by atoms with E-state index in [1.807, 2.05) is 25.1 Å². The lowest BCUT2D eigenvalue weighted by Gasteiger charge is -2.15. The van der Waals surface area contributed by atoms with Crippen molar-refractivity contribution >= 4 is 45.7 Å². The molecule has 0 unspecified atom stereocenters. The standard InChI is InChI=1S/C26H25Cl3N2O2/c1-2-32-25-12-19(14-30-10-9-18-15-31-24-6-4-3-5-20(18)24)22(28)13-26(25)33-16-17-7-8-21(27)23(29)11-17/h3-8,11-13,15,30-31H,2,9-10,14,16H2,1H3. The monoisotopic (exact) mass is 502 g/mol. The molecular formula is C26H25Cl3N2O2. The van der Waals surface area contributed by atoms with Crippen LogP contribution in [0.5, 0.6) is 11.5 Å². The predicted molar refractivity (Wildman–Crippen MR) is 137 cm³/mol. The number of halogens is 3. The maximum absolute atomic E-state index is 6.57. The zero-order valence-electron chi connectivity index (χ0n) is 18.3. The SMILES string of the molecule is CCOc1cc(CNCCc2c[nH]c3ccccc23)c(Cl)cc1OCc1ccc(Cl)c(Cl)c1. The fraction of sp³-hybridized carbons (Fsp3) is 0.231. The van der Waals surface area contributed by atoms with Crippen molar-refractivity contribution in [2.24, 2.45) is 0 Å². The van der Waals surface area contributed by atoms with E-state index >= 15 is 0 Å². The predicted octanol–water partition coefficient (Wildman–Crippen LogP) is 7.44. The van der Waals surface area contributed by atoms with Crippen LogP contribution in [0.25, 0.3) is 10.9 Å². The first kappa shape index (κ1) is 23.8. The third-order valence-corrected chi connectivity index (χ3v) is 6.44. The van der Waals surface area contributed by atoms with Gasteiger partial charge in [0.2, 0.25) is 0 Å². The van der Waals surface area contributed by atoms with E-state index in [0.717, 1.165) is 29.6 Å². The van der Waals surface area contributed by atoms with Gasteiger partial charge in [-0.2, -0.15) is 0 Å². The van der Waals surface area contributed by atoms with Crippen molar-refractivity contribution in [1.82, 2.24) is 10.3 Å².